The predicted molar refractivity (Wildman–Crippen MR) is 59.4 cm³/mol. The Morgan fingerprint density at radius 3 is 1.52 bits per heavy atom. The van der Waals surface area contributed by atoms with Gasteiger partial charge in [-0.1, -0.05) is 0 Å². The molecule has 0 fully saturated rings. The molecule has 0 radical (unpaired) electrons. The molecule has 1 aliphatic rings. The Labute approximate surface area is 131 Å². The minimum Gasteiger partial charge on any atom is -0.374 e. The SMILES string of the molecule is OC1(c2c(F)cc(F)c(F)c2F)c2c(F)c(F)c(F)c(F)c2C1(F)F. The minimum absolute atomic E-state index is 0.437. The van der Waals surface area contributed by atoms with E-state index < -0.39 is 80.8 Å². The minimum atomic E-state index is -5.09. The molecule has 3 rings (SSSR count). The Morgan fingerprint density at radius 2 is 1.00 bits per heavy atom. The maximum Gasteiger partial charge on any atom is 0.313 e. The van der Waals surface area contributed by atoms with Crippen molar-refractivity contribution in [3.05, 3.63) is 69.3 Å². The number of hydrogen-bond donors (Lipinski definition) is 1. The van der Waals surface area contributed by atoms with Gasteiger partial charge in [0.25, 0.3) is 0 Å². The molecule has 0 saturated heterocycles. The van der Waals surface area contributed by atoms with E-state index in [9.17, 15) is 49.0 Å². The van der Waals surface area contributed by atoms with E-state index in [-0.39, 0.29) is 0 Å². The molecular weight excluding hydrogens is 374 g/mol. The fourth-order valence-corrected chi connectivity index (χ4v) is 2.72. The van der Waals surface area contributed by atoms with E-state index in [4.69, 9.17) is 0 Å². The van der Waals surface area contributed by atoms with Crippen LogP contribution in [0.4, 0.5) is 43.9 Å². The number of alkyl halides is 2. The van der Waals surface area contributed by atoms with Crippen LogP contribution in [0.5, 0.6) is 0 Å². The number of hydrogen-bond acceptors (Lipinski definition) is 1. The summed E-state index contributed by atoms with van der Waals surface area (Å²) in [5, 5.41) is 9.94. The molecule has 0 saturated carbocycles. The molecule has 25 heavy (non-hydrogen) atoms. The van der Waals surface area contributed by atoms with Crippen LogP contribution in [0.3, 0.4) is 0 Å². The average molecular weight is 376 g/mol. The molecule has 0 aliphatic heterocycles. The average Bonchev–Trinajstić information content (AvgIpc) is 2.53. The summed E-state index contributed by atoms with van der Waals surface area (Å²) in [7, 11) is 0. The summed E-state index contributed by atoms with van der Waals surface area (Å²) in [6.07, 6.45) is 0. The van der Waals surface area contributed by atoms with Crippen LogP contribution in [0.1, 0.15) is 16.7 Å². The van der Waals surface area contributed by atoms with Crippen molar-refractivity contribution in [1.29, 1.82) is 0 Å². The number of halogens is 10. The summed E-state index contributed by atoms with van der Waals surface area (Å²) in [5.74, 6) is -25.2. The third kappa shape index (κ3) is 1.78. The highest BCUT2D eigenvalue weighted by Crippen LogP contribution is 2.63. The smallest absolute Gasteiger partial charge is 0.313 e. The Bertz CT molecular complexity index is 938. The molecule has 2 aromatic rings. The number of rotatable bonds is 1. The molecule has 1 N–H and O–H groups in total. The lowest BCUT2D eigenvalue weighted by Gasteiger charge is -2.47. The second-order valence-corrected chi connectivity index (χ2v) is 5.13. The van der Waals surface area contributed by atoms with Crippen molar-refractivity contribution in [3.8, 4) is 0 Å². The molecule has 134 valence electrons. The molecule has 0 bridgehead atoms. The fraction of sp³-hybridized carbons (Fsp3) is 0.143. The maximum absolute atomic E-state index is 14.1. The van der Waals surface area contributed by atoms with Crippen LogP contribution in [0.2, 0.25) is 0 Å². The second-order valence-electron chi connectivity index (χ2n) is 5.13. The third-order valence-corrected chi connectivity index (χ3v) is 3.87. The monoisotopic (exact) mass is 376 g/mol. The summed E-state index contributed by atoms with van der Waals surface area (Å²) < 4.78 is 135. The highest BCUT2D eigenvalue weighted by atomic mass is 19.3. The van der Waals surface area contributed by atoms with Crippen molar-refractivity contribution in [2.45, 2.75) is 11.5 Å². The molecule has 1 nitrogen and oxygen atoms in total. The predicted octanol–water partition coefficient (Wildman–Crippen LogP) is 4.14. The van der Waals surface area contributed by atoms with Gasteiger partial charge in [0, 0.05) is 11.6 Å². The first-order valence-corrected chi connectivity index (χ1v) is 6.19. The third-order valence-electron chi connectivity index (χ3n) is 3.87. The Hall–Kier alpha value is -2.30. The van der Waals surface area contributed by atoms with Crippen molar-refractivity contribution in [3.63, 3.8) is 0 Å². The van der Waals surface area contributed by atoms with Crippen LogP contribution < -0.4 is 0 Å². The van der Waals surface area contributed by atoms with Gasteiger partial charge in [-0.2, -0.15) is 8.78 Å². The van der Waals surface area contributed by atoms with Gasteiger partial charge in [0.15, 0.2) is 46.3 Å². The lowest BCUT2D eigenvalue weighted by atomic mass is 9.65. The van der Waals surface area contributed by atoms with Gasteiger partial charge in [-0.3, -0.25) is 0 Å². The highest BCUT2D eigenvalue weighted by Gasteiger charge is 2.72. The van der Waals surface area contributed by atoms with E-state index in [0.29, 0.717) is 0 Å². The largest absolute Gasteiger partial charge is 0.374 e. The summed E-state index contributed by atoms with van der Waals surface area (Å²) in [6.45, 7) is 0. The van der Waals surface area contributed by atoms with Crippen LogP contribution in [-0.2, 0) is 11.5 Å². The van der Waals surface area contributed by atoms with Gasteiger partial charge in [0.05, 0.1) is 11.1 Å². The van der Waals surface area contributed by atoms with E-state index >= 15 is 0 Å². The second kappa shape index (κ2) is 4.87. The molecular formula is C14H2F10O. The summed E-state index contributed by atoms with van der Waals surface area (Å²) in [6, 6.07) is -0.437. The van der Waals surface area contributed by atoms with Crippen LogP contribution in [0, 0.1) is 46.5 Å². The Balaban J connectivity index is 2.46. The van der Waals surface area contributed by atoms with Crippen LogP contribution in [0.25, 0.3) is 0 Å². The van der Waals surface area contributed by atoms with Crippen molar-refractivity contribution in [2.75, 3.05) is 0 Å². The molecule has 0 spiro atoms. The molecule has 0 aromatic heterocycles. The van der Waals surface area contributed by atoms with Crippen molar-refractivity contribution < 1.29 is 49.0 Å². The molecule has 2 aromatic carbocycles. The van der Waals surface area contributed by atoms with Crippen LogP contribution >= 0.6 is 0 Å². The molecule has 0 amide bonds. The highest BCUT2D eigenvalue weighted by molar-refractivity contribution is 5.58. The molecule has 1 unspecified atom stereocenters. The Kier molecular flexibility index (Phi) is 3.41. The lowest BCUT2D eigenvalue weighted by molar-refractivity contribution is -0.210. The van der Waals surface area contributed by atoms with Crippen LogP contribution in [0.15, 0.2) is 6.07 Å². The van der Waals surface area contributed by atoms with Gasteiger partial charge < -0.3 is 5.11 Å². The van der Waals surface area contributed by atoms with E-state index in [0.717, 1.165) is 0 Å². The summed E-state index contributed by atoms with van der Waals surface area (Å²) in [5.41, 5.74) is -11.0. The maximum atomic E-state index is 14.1. The van der Waals surface area contributed by atoms with Gasteiger partial charge in [-0.05, 0) is 0 Å². The normalized spacial score (nSPS) is 21.1. The van der Waals surface area contributed by atoms with Gasteiger partial charge >= 0.3 is 5.92 Å². The van der Waals surface area contributed by atoms with Gasteiger partial charge in [0.2, 0.25) is 0 Å². The molecule has 11 heteroatoms. The zero-order valence-electron chi connectivity index (χ0n) is 11.3. The topological polar surface area (TPSA) is 20.2 Å². The number of aliphatic hydroxyl groups is 1. The van der Waals surface area contributed by atoms with Crippen LogP contribution in [-0.4, -0.2) is 5.11 Å². The first kappa shape index (κ1) is 17.5. The molecule has 0 heterocycles. The summed E-state index contributed by atoms with van der Waals surface area (Å²) >= 11 is 0. The summed E-state index contributed by atoms with van der Waals surface area (Å²) in [4.78, 5) is 0. The Morgan fingerprint density at radius 1 is 0.560 bits per heavy atom. The zero-order valence-corrected chi connectivity index (χ0v) is 11.3. The first-order chi connectivity index (χ1) is 11.4. The molecule has 1 aliphatic carbocycles. The van der Waals surface area contributed by atoms with Crippen molar-refractivity contribution >= 4 is 0 Å². The first-order valence-electron chi connectivity index (χ1n) is 6.19. The van der Waals surface area contributed by atoms with E-state index in [1.807, 2.05) is 0 Å². The van der Waals surface area contributed by atoms with E-state index in [1.54, 1.807) is 0 Å². The number of fused-ring (bicyclic) bond motifs is 1. The zero-order chi connectivity index (χ0) is 19.1. The standard InChI is InChI=1S/C14H2F10O/c15-2-1-3(16)7(17)8(18)4(2)13(25)5-6(14(13,23)24)10(20)12(22)11(21)9(5)19/h1,25H. The van der Waals surface area contributed by atoms with Gasteiger partial charge in [-0.15, -0.1) is 0 Å². The van der Waals surface area contributed by atoms with Crippen molar-refractivity contribution in [2.24, 2.45) is 0 Å². The van der Waals surface area contributed by atoms with E-state index in [1.165, 1.54) is 0 Å². The quantitative estimate of drug-likeness (QED) is 0.451. The lowest BCUT2D eigenvalue weighted by Crippen LogP contribution is -2.57. The fourth-order valence-electron chi connectivity index (χ4n) is 2.72. The van der Waals surface area contributed by atoms with Crippen molar-refractivity contribution in [1.82, 2.24) is 0 Å². The van der Waals surface area contributed by atoms with Gasteiger partial charge in [0.1, 0.15) is 5.82 Å². The molecule has 1 atom stereocenters. The van der Waals surface area contributed by atoms with Gasteiger partial charge in [-0.25, -0.2) is 35.1 Å². The number of benzene rings is 2. The van der Waals surface area contributed by atoms with E-state index in [2.05, 4.69) is 0 Å².